The van der Waals surface area contributed by atoms with E-state index in [1.165, 1.54) is 16.5 Å². The Hall–Kier alpha value is -2.48. The van der Waals surface area contributed by atoms with E-state index < -0.39 is 18.0 Å². The third-order valence-electron chi connectivity index (χ3n) is 5.12. The van der Waals surface area contributed by atoms with Gasteiger partial charge >= 0.3 is 6.09 Å². The molecule has 2 aromatic rings. The van der Waals surface area contributed by atoms with Crippen LogP contribution in [0.2, 0.25) is 0 Å². The number of carbonyl (C=O) groups excluding carboxylic acids is 1. The van der Waals surface area contributed by atoms with Crippen molar-refractivity contribution in [2.75, 3.05) is 44.4 Å². The zero-order valence-corrected chi connectivity index (χ0v) is 15.5. The van der Waals surface area contributed by atoms with E-state index in [0.29, 0.717) is 11.3 Å². The molecule has 2 aromatic carbocycles. The number of ether oxygens (including phenoxy) is 2. The zero-order chi connectivity index (χ0) is 19.5. The van der Waals surface area contributed by atoms with Crippen LogP contribution in [-0.4, -0.2) is 61.7 Å². The second-order valence-electron chi connectivity index (χ2n) is 7.05. The largest absolute Gasteiger partial charge is 0.441 e. The summed E-state index contributed by atoms with van der Waals surface area (Å²) >= 11 is 0. The van der Waals surface area contributed by atoms with Crippen LogP contribution in [0.25, 0.3) is 11.1 Å². The fourth-order valence-electron chi connectivity index (χ4n) is 3.54. The summed E-state index contributed by atoms with van der Waals surface area (Å²) < 4.78 is 25.1. The standard InChI is InChI=1S/C21H23FN2O4/c22-20-11-17(24-13-18(14-25)28-21(24)26)5-6-19(20)16-3-1-15(2-4-16)12-23-7-9-27-10-8-23/h1-6,11,18,25H,7-10,12-14H2/t18-/m1/s1. The molecule has 7 heteroatoms. The van der Waals surface area contributed by atoms with E-state index in [0.717, 1.165) is 38.4 Å². The molecule has 1 amide bonds. The lowest BCUT2D eigenvalue weighted by Crippen LogP contribution is -2.35. The van der Waals surface area contributed by atoms with E-state index in [9.17, 15) is 9.18 Å². The van der Waals surface area contributed by atoms with Crippen molar-refractivity contribution in [3.05, 3.63) is 53.8 Å². The summed E-state index contributed by atoms with van der Waals surface area (Å²) in [6.07, 6.45) is -1.15. The molecule has 2 aliphatic rings. The van der Waals surface area contributed by atoms with Gasteiger partial charge in [0.15, 0.2) is 0 Å². The average molecular weight is 386 g/mol. The van der Waals surface area contributed by atoms with Crippen LogP contribution >= 0.6 is 0 Å². The predicted molar refractivity (Wildman–Crippen MR) is 103 cm³/mol. The minimum absolute atomic E-state index is 0.213. The summed E-state index contributed by atoms with van der Waals surface area (Å²) in [5, 5.41) is 9.13. The smallest absolute Gasteiger partial charge is 0.414 e. The maximum Gasteiger partial charge on any atom is 0.414 e. The van der Waals surface area contributed by atoms with Crippen molar-refractivity contribution in [2.45, 2.75) is 12.6 Å². The molecule has 148 valence electrons. The molecule has 0 saturated carbocycles. The van der Waals surface area contributed by atoms with Gasteiger partial charge in [-0.3, -0.25) is 9.80 Å². The fraction of sp³-hybridized carbons (Fsp3) is 0.381. The van der Waals surface area contributed by atoms with Crippen molar-refractivity contribution in [3.8, 4) is 11.1 Å². The van der Waals surface area contributed by atoms with Crippen LogP contribution in [0.5, 0.6) is 0 Å². The normalized spacial score (nSPS) is 20.4. The summed E-state index contributed by atoms with van der Waals surface area (Å²) in [5.74, 6) is -0.404. The van der Waals surface area contributed by atoms with Crippen LogP contribution in [0.15, 0.2) is 42.5 Å². The summed E-state index contributed by atoms with van der Waals surface area (Å²) in [6.45, 7) is 4.19. The number of anilines is 1. The van der Waals surface area contributed by atoms with Crippen molar-refractivity contribution in [3.63, 3.8) is 0 Å². The van der Waals surface area contributed by atoms with Gasteiger partial charge < -0.3 is 14.6 Å². The summed E-state index contributed by atoms with van der Waals surface area (Å²) in [4.78, 5) is 15.5. The Morgan fingerprint density at radius 3 is 2.50 bits per heavy atom. The molecule has 0 unspecified atom stereocenters. The van der Waals surface area contributed by atoms with Crippen molar-refractivity contribution in [1.29, 1.82) is 0 Å². The van der Waals surface area contributed by atoms with Crippen LogP contribution in [-0.2, 0) is 16.0 Å². The Morgan fingerprint density at radius 2 is 1.86 bits per heavy atom. The van der Waals surface area contributed by atoms with Crippen LogP contribution in [0.1, 0.15) is 5.56 Å². The van der Waals surface area contributed by atoms with Crippen molar-refractivity contribution < 1.29 is 23.8 Å². The number of amides is 1. The number of nitrogens with zero attached hydrogens (tertiary/aromatic N) is 2. The number of aliphatic hydroxyl groups excluding tert-OH is 1. The molecule has 1 N–H and O–H groups in total. The molecule has 28 heavy (non-hydrogen) atoms. The lowest BCUT2D eigenvalue weighted by Gasteiger charge is -2.26. The lowest BCUT2D eigenvalue weighted by atomic mass is 10.0. The number of halogens is 1. The van der Waals surface area contributed by atoms with Gasteiger partial charge in [0.1, 0.15) is 11.9 Å². The maximum absolute atomic E-state index is 14.7. The first-order chi connectivity index (χ1) is 13.6. The molecule has 0 radical (unpaired) electrons. The van der Waals surface area contributed by atoms with Crippen LogP contribution in [0.4, 0.5) is 14.9 Å². The van der Waals surface area contributed by atoms with Gasteiger partial charge in [-0.05, 0) is 29.3 Å². The van der Waals surface area contributed by atoms with Crippen LogP contribution in [0.3, 0.4) is 0 Å². The highest BCUT2D eigenvalue weighted by Gasteiger charge is 2.32. The highest BCUT2D eigenvalue weighted by atomic mass is 19.1. The average Bonchev–Trinajstić information content (AvgIpc) is 3.10. The molecular weight excluding hydrogens is 363 g/mol. The summed E-state index contributed by atoms with van der Waals surface area (Å²) in [6, 6.07) is 12.6. The van der Waals surface area contributed by atoms with E-state index in [4.69, 9.17) is 14.6 Å². The first-order valence-electron chi connectivity index (χ1n) is 9.42. The first kappa shape index (κ1) is 18.9. The quantitative estimate of drug-likeness (QED) is 0.856. The zero-order valence-electron chi connectivity index (χ0n) is 15.5. The van der Waals surface area contributed by atoms with Gasteiger partial charge in [-0.1, -0.05) is 24.3 Å². The summed E-state index contributed by atoms with van der Waals surface area (Å²) in [7, 11) is 0. The Morgan fingerprint density at radius 1 is 1.11 bits per heavy atom. The number of carbonyl (C=O) groups is 1. The van der Waals surface area contributed by atoms with E-state index in [1.807, 2.05) is 24.3 Å². The SMILES string of the molecule is O=C1O[C@@H](CO)CN1c1ccc(-c2ccc(CN3CCOCC3)cc2)c(F)c1. The molecule has 2 aliphatic heterocycles. The summed E-state index contributed by atoms with van der Waals surface area (Å²) in [5.41, 5.74) is 2.86. The van der Waals surface area contributed by atoms with Crippen molar-refractivity contribution in [1.82, 2.24) is 4.90 Å². The minimum atomic E-state index is -0.575. The fourth-order valence-corrected chi connectivity index (χ4v) is 3.54. The predicted octanol–water partition coefficient (Wildman–Crippen LogP) is 2.64. The van der Waals surface area contributed by atoms with E-state index >= 15 is 0 Å². The second-order valence-corrected chi connectivity index (χ2v) is 7.05. The monoisotopic (exact) mass is 386 g/mol. The third-order valence-corrected chi connectivity index (χ3v) is 5.12. The highest BCUT2D eigenvalue weighted by molar-refractivity contribution is 5.90. The Labute approximate surface area is 163 Å². The molecule has 2 heterocycles. The van der Waals surface area contributed by atoms with Crippen LogP contribution in [0, 0.1) is 5.82 Å². The number of hydrogen-bond acceptors (Lipinski definition) is 5. The van der Waals surface area contributed by atoms with E-state index in [2.05, 4.69) is 4.90 Å². The molecule has 4 rings (SSSR count). The third kappa shape index (κ3) is 4.01. The topological polar surface area (TPSA) is 62.2 Å². The second kappa shape index (κ2) is 8.26. The van der Waals surface area contributed by atoms with Crippen LogP contribution < -0.4 is 4.90 Å². The Bertz CT molecular complexity index is 837. The number of rotatable bonds is 5. The van der Waals surface area contributed by atoms with E-state index in [-0.39, 0.29) is 13.2 Å². The molecule has 0 aromatic heterocycles. The number of cyclic esters (lactones) is 1. The van der Waals surface area contributed by atoms with Gasteiger partial charge in [0.25, 0.3) is 0 Å². The number of benzene rings is 2. The maximum atomic E-state index is 14.7. The van der Waals surface area contributed by atoms with Crippen molar-refractivity contribution >= 4 is 11.8 Å². The first-order valence-corrected chi connectivity index (χ1v) is 9.42. The Balaban J connectivity index is 1.47. The molecule has 0 aliphatic carbocycles. The van der Waals surface area contributed by atoms with Crippen molar-refractivity contribution in [2.24, 2.45) is 0 Å². The van der Waals surface area contributed by atoms with Gasteiger partial charge in [-0.15, -0.1) is 0 Å². The molecule has 0 bridgehead atoms. The molecule has 2 saturated heterocycles. The molecule has 0 spiro atoms. The highest BCUT2D eigenvalue weighted by Crippen LogP contribution is 2.29. The van der Waals surface area contributed by atoms with Gasteiger partial charge in [-0.25, -0.2) is 9.18 Å². The van der Waals surface area contributed by atoms with Gasteiger partial charge in [0.05, 0.1) is 32.1 Å². The minimum Gasteiger partial charge on any atom is -0.441 e. The molecule has 2 fully saturated rings. The van der Waals surface area contributed by atoms with E-state index in [1.54, 1.807) is 12.1 Å². The lowest BCUT2D eigenvalue weighted by molar-refractivity contribution is 0.0342. The number of aliphatic hydroxyl groups is 1. The number of hydrogen-bond donors (Lipinski definition) is 1. The molecular formula is C21H23FN2O4. The Kier molecular flexibility index (Phi) is 5.57. The number of morpholine rings is 1. The van der Waals surface area contributed by atoms with Gasteiger partial charge in [0, 0.05) is 25.2 Å². The molecule has 6 nitrogen and oxygen atoms in total. The van der Waals surface area contributed by atoms with Gasteiger partial charge in [-0.2, -0.15) is 0 Å². The van der Waals surface area contributed by atoms with Gasteiger partial charge in [0.2, 0.25) is 0 Å². The molecule has 1 atom stereocenters.